The van der Waals surface area contributed by atoms with Gasteiger partial charge in [-0.15, -0.1) is 0 Å². The van der Waals surface area contributed by atoms with Gasteiger partial charge in [0.1, 0.15) is 0 Å². The number of hydrogen-bond acceptors (Lipinski definition) is 2. The highest BCUT2D eigenvalue weighted by Crippen LogP contribution is 2.34. The molecule has 0 aliphatic rings. The molecule has 5 heteroatoms. The molecule has 0 amide bonds. The Morgan fingerprint density at radius 2 is 1.70 bits per heavy atom. The quantitative estimate of drug-likeness (QED) is 0.744. The molecule has 0 saturated carbocycles. The van der Waals surface area contributed by atoms with E-state index in [1.807, 2.05) is 30.3 Å². The highest BCUT2D eigenvalue weighted by Gasteiger charge is 2.08. The predicted octanol–water partition coefficient (Wildman–Crippen LogP) is 5.51. The molecule has 0 saturated heterocycles. The van der Waals surface area contributed by atoms with Crippen molar-refractivity contribution in [2.75, 3.05) is 12.4 Å². The van der Waals surface area contributed by atoms with E-state index in [1.54, 1.807) is 7.11 Å². The first kappa shape index (κ1) is 15.6. The number of anilines is 1. The van der Waals surface area contributed by atoms with Crippen molar-refractivity contribution in [3.8, 4) is 0 Å². The molecule has 2 aromatic carbocycles. The zero-order valence-electron chi connectivity index (χ0n) is 10.9. The highest BCUT2D eigenvalue weighted by atomic mass is 79.9. The average molecular weight is 375 g/mol. The maximum absolute atomic E-state index is 6.20. The molecule has 0 aromatic heterocycles. The molecule has 0 atom stereocenters. The van der Waals surface area contributed by atoms with Gasteiger partial charge in [-0.2, -0.15) is 0 Å². The molecule has 0 aliphatic carbocycles. The third-order valence-electron chi connectivity index (χ3n) is 2.88. The first-order valence-corrected chi connectivity index (χ1v) is 7.61. The van der Waals surface area contributed by atoms with E-state index in [2.05, 4.69) is 27.3 Å². The van der Waals surface area contributed by atoms with E-state index in [0.717, 1.165) is 21.3 Å². The maximum atomic E-state index is 6.20. The Hall–Kier alpha value is -0.740. The summed E-state index contributed by atoms with van der Waals surface area (Å²) in [6, 6.07) is 11.7. The van der Waals surface area contributed by atoms with Crippen LogP contribution in [-0.2, 0) is 17.9 Å². The summed E-state index contributed by atoms with van der Waals surface area (Å²) in [6.45, 7) is 1.22. The summed E-state index contributed by atoms with van der Waals surface area (Å²) >= 11 is 15.8. The topological polar surface area (TPSA) is 21.3 Å². The van der Waals surface area contributed by atoms with Gasteiger partial charge in [-0.05, 0) is 23.3 Å². The Bertz CT molecular complexity index is 581. The van der Waals surface area contributed by atoms with Crippen LogP contribution in [0.5, 0.6) is 0 Å². The molecule has 0 aliphatic heterocycles. The van der Waals surface area contributed by atoms with Gasteiger partial charge >= 0.3 is 0 Å². The standard InChI is InChI=1S/C15H14BrCl2NO/c1-20-9-11-5-3-2-4-10(11)8-19-15-13(17)6-12(16)7-14(15)18/h2-7,19H,8-9H2,1H3. The van der Waals surface area contributed by atoms with E-state index in [9.17, 15) is 0 Å². The molecule has 0 bridgehead atoms. The molecule has 2 nitrogen and oxygen atoms in total. The van der Waals surface area contributed by atoms with Crippen molar-refractivity contribution in [1.29, 1.82) is 0 Å². The Balaban J connectivity index is 2.17. The largest absolute Gasteiger partial charge is 0.380 e. The number of ether oxygens (including phenoxy) is 1. The average Bonchev–Trinajstić information content (AvgIpc) is 2.39. The van der Waals surface area contributed by atoms with Crippen molar-refractivity contribution in [1.82, 2.24) is 0 Å². The highest BCUT2D eigenvalue weighted by molar-refractivity contribution is 9.10. The molecular formula is C15H14BrCl2NO. The molecule has 1 N–H and O–H groups in total. The second kappa shape index (κ2) is 7.32. The summed E-state index contributed by atoms with van der Waals surface area (Å²) in [6.07, 6.45) is 0. The van der Waals surface area contributed by atoms with Gasteiger partial charge in [0.2, 0.25) is 0 Å². The second-order valence-corrected chi connectivity index (χ2v) is 6.03. The van der Waals surface area contributed by atoms with Gasteiger partial charge < -0.3 is 10.1 Å². The van der Waals surface area contributed by atoms with E-state index >= 15 is 0 Å². The van der Waals surface area contributed by atoms with Crippen molar-refractivity contribution in [2.45, 2.75) is 13.2 Å². The molecule has 2 rings (SSSR count). The maximum Gasteiger partial charge on any atom is 0.0722 e. The summed E-state index contributed by atoms with van der Waals surface area (Å²) in [5, 5.41) is 4.47. The van der Waals surface area contributed by atoms with Crippen molar-refractivity contribution in [2.24, 2.45) is 0 Å². The summed E-state index contributed by atoms with van der Waals surface area (Å²) in [4.78, 5) is 0. The minimum absolute atomic E-state index is 0.583. The van der Waals surface area contributed by atoms with Crippen LogP contribution in [0.15, 0.2) is 40.9 Å². The fourth-order valence-corrected chi connectivity index (χ4v) is 3.26. The van der Waals surface area contributed by atoms with E-state index in [1.165, 1.54) is 0 Å². The number of benzene rings is 2. The molecule has 106 valence electrons. The van der Waals surface area contributed by atoms with Gasteiger partial charge in [-0.25, -0.2) is 0 Å². The summed E-state index contributed by atoms with van der Waals surface area (Å²) in [5.74, 6) is 0. The van der Waals surface area contributed by atoms with Crippen LogP contribution in [0, 0.1) is 0 Å². The van der Waals surface area contributed by atoms with Crippen LogP contribution in [0.3, 0.4) is 0 Å². The van der Waals surface area contributed by atoms with E-state index in [4.69, 9.17) is 27.9 Å². The van der Waals surface area contributed by atoms with Crippen molar-refractivity contribution in [3.63, 3.8) is 0 Å². The van der Waals surface area contributed by atoms with Crippen molar-refractivity contribution < 1.29 is 4.74 Å². The lowest BCUT2D eigenvalue weighted by atomic mass is 10.1. The number of methoxy groups -OCH3 is 1. The van der Waals surface area contributed by atoms with Gasteiger partial charge in [0.15, 0.2) is 0 Å². The third kappa shape index (κ3) is 3.89. The van der Waals surface area contributed by atoms with Crippen LogP contribution in [0.4, 0.5) is 5.69 Å². The second-order valence-electron chi connectivity index (χ2n) is 4.30. The normalized spacial score (nSPS) is 10.6. The van der Waals surface area contributed by atoms with E-state index in [-0.39, 0.29) is 0 Å². The molecule has 0 spiro atoms. The molecule has 20 heavy (non-hydrogen) atoms. The van der Waals surface area contributed by atoms with Gasteiger partial charge in [0.05, 0.1) is 22.3 Å². The number of halogens is 3. The summed E-state index contributed by atoms with van der Waals surface area (Å²) in [5.41, 5.74) is 3.04. The Labute approximate surface area is 137 Å². The van der Waals surface area contributed by atoms with Crippen molar-refractivity contribution in [3.05, 3.63) is 62.0 Å². The Morgan fingerprint density at radius 1 is 1.10 bits per heavy atom. The van der Waals surface area contributed by atoms with Gasteiger partial charge in [-0.1, -0.05) is 63.4 Å². The van der Waals surface area contributed by atoms with Gasteiger partial charge in [0, 0.05) is 18.1 Å². The van der Waals surface area contributed by atoms with Crippen LogP contribution in [0.25, 0.3) is 0 Å². The lowest BCUT2D eigenvalue weighted by molar-refractivity contribution is 0.184. The Morgan fingerprint density at radius 3 is 2.30 bits per heavy atom. The fourth-order valence-electron chi connectivity index (χ4n) is 1.92. The lowest BCUT2D eigenvalue weighted by Gasteiger charge is -2.13. The van der Waals surface area contributed by atoms with Gasteiger partial charge in [-0.3, -0.25) is 0 Å². The smallest absolute Gasteiger partial charge is 0.0722 e. The minimum atomic E-state index is 0.583. The zero-order chi connectivity index (χ0) is 14.5. The SMILES string of the molecule is COCc1ccccc1CNc1c(Cl)cc(Br)cc1Cl. The van der Waals surface area contributed by atoms with Crippen molar-refractivity contribution >= 4 is 44.8 Å². The summed E-state index contributed by atoms with van der Waals surface area (Å²) < 4.78 is 6.06. The first-order valence-electron chi connectivity index (χ1n) is 6.06. The van der Waals surface area contributed by atoms with Crippen LogP contribution in [0.2, 0.25) is 10.0 Å². The molecule has 0 radical (unpaired) electrons. The first-order chi connectivity index (χ1) is 9.61. The number of nitrogens with one attached hydrogen (secondary N) is 1. The summed E-state index contributed by atoms with van der Waals surface area (Å²) in [7, 11) is 1.69. The molecule has 0 fully saturated rings. The van der Waals surface area contributed by atoms with Crippen LogP contribution in [0.1, 0.15) is 11.1 Å². The third-order valence-corrected chi connectivity index (χ3v) is 3.93. The number of hydrogen-bond donors (Lipinski definition) is 1. The number of rotatable bonds is 5. The Kier molecular flexibility index (Phi) is 5.73. The lowest BCUT2D eigenvalue weighted by Crippen LogP contribution is -2.04. The van der Waals surface area contributed by atoms with Crippen LogP contribution in [-0.4, -0.2) is 7.11 Å². The predicted molar refractivity (Wildman–Crippen MR) is 88.6 cm³/mol. The monoisotopic (exact) mass is 373 g/mol. The minimum Gasteiger partial charge on any atom is -0.380 e. The fraction of sp³-hybridized carbons (Fsp3) is 0.200. The molecule has 0 heterocycles. The van der Waals surface area contributed by atoms with E-state index < -0.39 is 0 Å². The van der Waals surface area contributed by atoms with Crippen LogP contribution < -0.4 is 5.32 Å². The zero-order valence-corrected chi connectivity index (χ0v) is 14.0. The molecule has 2 aromatic rings. The van der Waals surface area contributed by atoms with E-state index in [0.29, 0.717) is 23.2 Å². The molecular weight excluding hydrogens is 361 g/mol. The molecule has 0 unspecified atom stereocenters. The van der Waals surface area contributed by atoms with Crippen LogP contribution >= 0.6 is 39.1 Å². The van der Waals surface area contributed by atoms with Gasteiger partial charge in [0.25, 0.3) is 0 Å².